The lowest BCUT2D eigenvalue weighted by Crippen LogP contribution is -2.17. The second-order valence-corrected chi connectivity index (χ2v) is 16.5. The molecule has 0 aromatic heterocycles. The minimum absolute atomic E-state index is 0.0226. The molecule has 0 saturated carbocycles. The van der Waals surface area contributed by atoms with Gasteiger partial charge in [-0.15, -0.1) is 0 Å². The van der Waals surface area contributed by atoms with Gasteiger partial charge in [-0.2, -0.15) is 0 Å². The summed E-state index contributed by atoms with van der Waals surface area (Å²) in [5, 5.41) is 7.64. The summed E-state index contributed by atoms with van der Waals surface area (Å²) in [6.07, 6.45) is 0. The third kappa shape index (κ3) is 4.26. The van der Waals surface area contributed by atoms with Crippen molar-refractivity contribution in [1.29, 1.82) is 0 Å². The first kappa shape index (κ1) is 31.3. The van der Waals surface area contributed by atoms with Crippen molar-refractivity contribution in [3.63, 3.8) is 0 Å². The maximum Gasteiger partial charge on any atom is 0.0159 e. The second kappa shape index (κ2) is 11.1. The van der Waals surface area contributed by atoms with Gasteiger partial charge in [0, 0.05) is 10.8 Å². The van der Waals surface area contributed by atoms with Crippen LogP contribution in [-0.4, -0.2) is 0 Å². The molecule has 0 nitrogen and oxygen atoms in total. The Labute approximate surface area is 317 Å². The zero-order valence-electron chi connectivity index (χ0n) is 31.2. The third-order valence-electron chi connectivity index (χ3n) is 12.8. The number of hydrogen-bond donors (Lipinski definition) is 0. The molecule has 0 heteroatoms. The van der Waals surface area contributed by atoms with E-state index in [0.29, 0.717) is 0 Å². The molecule has 54 heavy (non-hydrogen) atoms. The molecule has 9 aromatic rings. The Bertz CT molecular complexity index is 2970. The van der Waals surface area contributed by atoms with Crippen molar-refractivity contribution < 1.29 is 0 Å². The molecule has 0 atom stereocenters. The van der Waals surface area contributed by atoms with Crippen LogP contribution < -0.4 is 0 Å². The molecule has 0 aliphatic heterocycles. The lowest BCUT2D eigenvalue weighted by atomic mass is 9.79. The zero-order valence-corrected chi connectivity index (χ0v) is 31.2. The lowest BCUT2D eigenvalue weighted by molar-refractivity contribution is 0.651. The average molecular weight is 689 g/mol. The van der Waals surface area contributed by atoms with Gasteiger partial charge >= 0.3 is 0 Å². The Morgan fingerprint density at radius 3 is 1.33 bits per heavy atom. The highest BCUT2D eigenvalue weighted by molar-refractivity contribution is 6.21. The summed E-state index contributed by atoms with van der Waals surface area (Å²) < 4.78 is 0. The molecule has 0 fully saturated rings. The van der Waals surface area contributed by atoms with Crippen LogP contribution in [0.5, 0.6) is 0 Å². The fraction of sp³-hybridized carbons (Fsp3) is 0.111. The molecule has 0 bridgehead atoms. The van der Waals surface area contributed by atoms with E-state index in [9.17, 15) is 0 Å². The van der Waals surface area contributed by atoms with Crippen molar-refractivity contribution in [2.75, 3.05) is 0 Å². The largest absolute Gasteiger partial charge is 0.0622 e. The van der Waals surface area contributed by atoms with Crippen molar-refractivity contribution in [2.24, 2.45) is 0 Å². The van der Waals surface area contributed by atoms with Gasteiger partial charge in [0.05, 0.1) is 0 Å². The predicted octanol–water partition coefficient (Wildman–Crippen LogP) is 14.8. The van der Waals surface area contributed by atoms with Crippen molar-refractivity contribution >= 4 is 32.3 Å². The molecule has 2 aliphatic carbocycles. The van der Waals surface area contributed by atoms with Gasteiger partial charge in [-0.1, -0.05) is 179 Å². The first-order chi connectivity index (χ1) is 26.3. The first-order valence-corrected chi connectivity index (χ1v) is 19.3. The quantitative estimate of drug-likeness (QED) is 0.162. The fourth-order valence-corrected chi connectivity index (χ4v) is 10.2. The zero-order chi connectivity index (χ0) is 36.3. The Morgan fingerprint density at radius 2 is 0.704 bits per heavy atom. The van der Waals surface area contributed by atoms with E-state index < -0.39 is 0 Å². The Balaban J connectivity index is 1.05. The number of rotatable bonds is 3. The topological polar surface area (TPSA) is 0 Å². The lowest BCUT2D eigenvalue weighted by Gasteiger charge is -2.24. The third-order valence-corrected chi connectivity index (χ3v) is 12.8. The number of hydrogen-bond acceptors (Lipinski definition) is 0. The van der Waals surface area contributed by atoms with Gasteiger partial charge in [0.25, 0.3) is 0 Å². The van der Waals surface area contributed by atoms with E-state index in [2.05, 4.69) is 198 Å². The number of fused-ring (bicyclic) bond motifs is 10. The van der Waals surface area contributed by atoms with Crippen LogP contribution in [0.25, 0.3) is 88.0 Å². The first-order valence-electron chi connectivity index (χ1n) is 19.3. The van der Waals surface area contributed by atoms with Crippen LogP contribution in [0, 0.1) is 0 Å². The van der Waals surface area contributed by atoms with Crippen molar-refractivity contribution in [3.05, 3.63) is 192 Å². The van der Waals surface area contributed by atoms with Gasteiger partial charge in [-0.25, -0.2) is 0 Å². The summed E-state index contributed by atoms with van der Waals surface area (Å²) in [5.74, 6) is 0. The van der Waals surface area contributed by atoms with E-state index in [1.807, 2.05) is 0 Å². The van der Waals surface area contributed by atoms with Gasteiger partial charge < -0.3 is 0 Å². The van der Waals surface area contributed by atoms with E-state index in [1.165, 1.54) is 110 Å². The van der Waals surface area contributed by atoms with Crippen molar-refractivity contribution in [2.45, 2.75) is 38.5 Å². The maximum atomic E-state index is 2.47. The summed E-state index contributed by atoms with van der Waals surface area (Å²) >= 11 is 0. The Hall–Kier alpha value is -6.24. The van der Waals surface area contributed by atoms with Crippen LogP contribution >= 0.6 is 0 Å². The maximum absolute atomic E-state index is 2.47. The molecule has 0 unspecified atom stereocenters. The number of benzene rings is 9. The molecular formula is C54H40. The van der Waals surface area contributed by atoms with Crippen LogP contribution in [0.3, 0.4) is 0 Å². The van der Waals surface area contributed by atoms with Gasteiger partial charge in [0.1, 0.15) is 0 Å². The van der Waals surface area contributed by atoms with E-state index in [-0.39, 0.29) is 10.8 Å². The highest BCUT2D eigenvalue weighted by Gasteiger charge is 2.43. The van der Waals surface area contributed by atoms with Gasteiger partial charge in [-0.3, -0.25) is 0 Å². The minimum Gasteiger partial charge on any atom is -0.0622 e. The molecule has 0 spiro atoms. The molecule has 256 valence electrons. The van der Waals surface area contributed by atoms with Crippen LogP contribution in [0.15, 0.2) is 170 Å². The summed E-state index contributed by atoms with van der Waals surface area (Å²) in [4.78, 5) is 0. The van der Waals surface area contributed by atoms with Gasteiger partial charge in [0.2, 0.25) is 0 Å². The average Bonchev–Trinajstić information content (AvgIpc) is 3.59. The minimum atomic E-state index is -0.0622. The monoisotopic (exact) mass is 688 g/mol. The smallest absolute Gasteiger partial charge is 0.0159 e. The molecule has 0 radical (unpaired) electrons. The molecule has 11 rings (SSSR count). The van der Waals surface area contributed by atoms with E-state index in [0.717, 1.165) is 0 Å². The second-order valence-electron chi connectivity index (χ2n) is 16.5. The highest BCUT2D eigenvalue weighted by atomic mass is 14.5. The summed E-state index contributed by atoms with van der Waals surface area (Å²) in [6, 6.07) is 63.8. The van der Waals surface area contributed by atoms with Crippen molar-refractivity contribution in [3.8, 4) is 55.6 Å². The summed E-state index contributed by atoms with van der Waals surface area (Å²) in [6.45, 7) is 9.55. The van der Waals surface area contributed by atoms with Crippen LogP contribution in [0.4, 0.5) is 0 Å². The van der Waals surface area contributed by atoms with Crippen LogP contribution in [0.2, 0.25) is 0 Å². The molecule has 0 N–H and O–H groups in total. The van der Waals surface area contributed by atoms with Crippen LogP contribution in [-0.2, 0) is 10.8 Å². The van der Waals surface area contributed by atoms with Crippen molar-refractivity contribution in [1.82, 2.24) is 0 Å². The Morgan fingerprint density at radius 1 is 0.278 bits per heavy atom. The van der Waals surface area contributed by atoms with Gasteiger partial charge in [-0.05, 0) is 128 Å². The van der Waals surface area contributed by atoms with Gasteiger partial charge in [0.15, 0.2) is 0 Å². The molecule has 0 saturated heterocycles. The van der Waals surface area contributed by atoms with Crippen LogP contribution in [0.1, 0.15) is 49.9 Å². The Kier molecular flexibility index (Phi) is 6.46. The fourth-order valence-electron chi connectivity index (χ4n) is 10.2. The normalized spacial score (nSPS) is 14.6. The van der Waals surface area contributed by atoms with E-state index in [4.69, 9.17) is 0 Å². The standard InChI is InChI=1S/C54H40/c1-53(2)45-21-13-12-20-43(45)51-47(53)28-29-48-52(51)44-32-37(26-27-46(44)54(48,3)4)35-22-23-36-31-38(25-24-34(36)30-35)50-41-18-10-8-16-39(41)49(33-14-6-5-7-15-33)40-17-9-11-19-42(40)50/h5-32H,1-4H3. The predicted molar refractivity (Wildman–Crippen MR) is 230 cm³/mol. The molecule has 0 amide bonds. The van der Waals surface area contributed by atoms with E-state index >= 15 is 0 Å². The molecule has 2 aliphatic rings. The molecule has 0 heterocycles. The summed E-state index contributed by atoms with van der Waals surface area (Å²) in [5.41, 5.74) is 18.9. The highest BCUT2D eigenvalue weighted by Crippen LogP contribution is 2.59. The molecular weight excluding hydrogens is 649 g/mol. The SMILES string of the molecule is CC1(C)c2ccccc2-c2c1ccc1c2-c2cc(-c3ccc4cc(-c5c6ccccc6c(-c6ccccc6)c6ccccc56)ccc4c3)ccc2C1(C)C. The summed E-state index contributed by atoms with van der Waals surface area (Å²) in [7, 11) is 0. The van der Waals surface area contributed by atoms with E-state index in [1.54, 1.807) is 0 Å². The molecule has 9 aromatic carbocycles.